The molecule has 0 aromatic heterocycles. The van der Waals surface area contributed by atoms with Crippen LogP contribution in [0.5, 0.6) is 0 Å². The molecule has 2 unspecified atom stereocenters. The molecule has 0 aliphatic carbocycles. The largest absolute Gasteiger partial charge is 0.466 e. The highest BCUT2D eigenvalue weighted by atomic mass is 16.5. The first-order valence-corrected chi connectivity index (χ1v) is 42.1. The van der Waals surface area contributed by atoms with E-state index in [0.717, 1.165) is 38.5 Å². The zero-order valence-electron chi connectivity index (χ0n) is 62.1. The molecule has 0 aromatic rings. The second-order valence-corrected chi connectivity index (χ2v) is 29.2. The molecule has 91 heavy (non-hydrogen) atoms. The fraction of sp³-hybridized carbons (Fsp3) is 0.929. The van der Waals surface area contributed by atoms with Gasteiger partial charge in [0, 0.05) is 12.8 Å². The zero-order valence-corrected chi connectivity index (χ0v) is 62.1. The molecule has 540 valence electrons. The summed E-state index contributed by atoms with van der Waals surface area (Å²) in [6, 6.07) is -0.625. The molecule has 0 saturated heterocycles. The molecule has 0 heterocycles. The number of carbonyl (C=O) groups is 2. The highest BCUT2D eigenvalue weighted by Gasteiger charge is 2.18. The van der Waals surface area contributed by atoms with Crippen LogP contribution in [-0.2, 0) is 14.3 Å². The van der Waals surface area contributed by atoms with Crippen molar-refractivity contribution in [1.82, 2.24) is 5.32 Å². The molecular formula is C85H165NO5. The van der Waals surface area contributed by atoms with E-state index in [1.807, 2.05) is 6.08 Å². The van der Waals surface area contributed by atoms with E-state index in [9.17, 15) is 19.8 Å². The average molecular weight is 1280 g/mol. The molecule has 0 fully saturated rings. The SMILES string of the molecule is CCCCCCCCCCCCCCCCCCCCC/C=C/C(O)C(CO)NC(=O)CCCCCCCCCCCCCCCCCCC/C=C\CCCCCCCCCCCCCCCCCCCCOC(=O)CCCCCCCCCCCCCCCC. The van der Waals surface area contributed by atoms with E-state index in [1.165, 1.54) is 417 Å². The number of esters is 1. The number of amides is 1. The molecule has 0 aliphatic rings. The average Bonchev–Trinajstić information content (AvgIpc) is 3.65. The smallest absolute Gasteiger partial charge is 0.305 e. The van der Waals surface area contributed by atoms with Gasteiger partial charge in [-0.25, -0.2) is 0 Å². The molecule has 6 heteroatoms. The quantitative estimate of drug-likeness (QED) is 0.0320. The van der Waals surface area contributed by atoms with Gasteiger partial charge in [0.1, 0.15) is 0 Å². The van der Waals surface area contributed by atoms with E-state index in [4.69, 9.17) is 4.74 Å². The summed E-state index contributed by atoms with van der Waals surface area (Å²) in [7, 11) is 0. The van der Waals surface area contributed by atoms with Gasteiger partial charge in [0.15, 0.2) is 0 Å². The molecule has 0 bridgehead atoms. The number of allylic oxidation sites excluding steroid dienone is 3. The molecule has 2 atom stereocenters. The summed E-state index contributed by atoms with van der Waals surface area (Å²) in [6.07, 6.45) is 105. The van der Waals surface area contributed by atoms with Crippen LogP contribution in [0, 0.1) is 0 Å². The van der Waals surface area contributed by atoms with Gasteiger partial charge in [-0.05, 0) is 57.8 Å². The number of aliphatic hydroxyl groups excluding tert-OH is 2. The first-order chi connectivity index (χ1) is 45.0. The standard InChI is InChI=1S/C85H165NO5/c1-3-5-7-9-11-13-15-17-19-20-21-41-44-47-50-53-57-61-65-69-73-77-83(88)82(81-87)86-84(89)78-74-70-66-62-58-54-51-48-45-42-39-37-35-33-31-29-27-25-23-22-24-26-28-30-32-34-36-38-40-43-46-49-52-56-60-64-68-72-76-80-91-85(90)79-75-71-67-63-59-55-18-16-14-12-10-8-6-4-2/h22-23,73,77,82-83,87-88H,3-21,24-72,74-76,78-81H2,1-2H3,(H,86,89)/b23-22-,77-73+. The van der Waals surface area contributed by atoms with Crippen LogP contribution in [0.25, 0.3) is 0 Å². The molecule has 3 N–H and O–H groups in total. The number of rotatable bonds is 80. The van der Waals surface area contributed by atoms with Crippen LogP contribution in [0.2, 0.25) is 0 Å². The minimum Gasteiger partial charge on any atom is -0.466 e. The van der Waals surface area contributed by atoms with Crippen LogP contribution in [0.4, 0.5) is 0 Å². The highest BCUT2D eigenvalue weighted by Crippen LogP contribution is 2.20. The van der Waals surface area contributed by atoms with Gasteiger partial charge in [0.25, 0.3) is 0 Å². The Kier molecular flexibility index (Phi) is 79.3. The summed E-state index contributed by atoms with van der Waals surface area (Å²) in [5.74, 6) is -0.0329. The van der Waals surface area contributed by atoms with Gasteiger partial charge in [-0.2, -0.15) is 0 Å². The van der Waals surface area contributed by atoms with Crippen LogP contribution in [0.1, 0.15) is 483 Å². The summed E-state index contributed by atoms with van der Waals surface area (Å²) in [4.78, 5) is 24.6. The highest BCUT2D eigenvalue weighted by molar-refractivity contribution is 5.76. The Hall–Kier alpha value is -1.66. The first-order valence-electron chi connectivity index (χ1n) is 42.1. The number of hydrogen-bond donors (Lipinski definition) is 3. The van der Waals surface area contributed by atoms with Crippen molar-refractivity contribution in [3.05, 3.63) is 24.3 Å². The summed E-state index contributed by atoms with van der Waals surface area (Å²) >= 11 is 0. The summed E-state index contributed by atoms with van der Waals surface area (Å²) in [5.41, 5.74) is 0. The second-order valence-electron chi connectivity index (χ2n) is 29.2. The van der Waals surface area contributed by atoms with Crippen molar-refractivity contribution >= 4 is 11.9 Å². The lowest BCUT2D eigenvalue weighted by atomic mass is 10.0. The third-order valence-corrected chi connectivity index (χ3v) is 20.0. The predicted molar refractivity (Wildman–Crippen MR) is 403 cm³/mol. The van der Waals surface area contributed by atoms with Crippen molar-refractivity contribution in [3.63, 3.8) is 0 Å². The maximum Gasteiger partial charge on any atom is 0.305 e. The van der Waals surface area contributed by atoms with Crippen LogP contribution >= 0.6 is 0 Å². The number of ether oxygens (including phenoxy) is 1. The molecule has 1 amide bonds. The summed E-state index contributed by atoms with van der Waals surface area (Å²) in [6.45, 7) is 4.97. The molecule has 0 radical (unpaired) electrons. The van der Waals surface area contributed by atoms with Gasteiger partial charge >= 0.3 is 5.97 Å². The van der Waals surface area contributed by atoms with Crippen molar-refractivity contribution in [3.8, 4) is 0 Å². The van der Waals surface area contributed by atoms with E-state index in [2.05, 4.69) is 31.3 Å². The molecular weight excluding hydrogens is 1110 g/mol. The molecule has 6 nitrogen and oxygen atoms in total. The van der Waals surface area contributed by atoms with Crippen LogP contribution in [-0.4, -0.2) is 47.4 Å². The number of carbonyl (C=O) groups excluding carboxylic acids is 2. The van der Waals surface area contributed by atoms with E-state index >= 15 is 0 Å². The van der Waals surface area contributed by atoms with Gasteiger partial charge in [-0.1, -0.05) is 436 Å². The molecule has 0 spiro atoms. The lowest BCUT2D eigenvalue weighted by Crippen LogP contribution is -2.45. The van der Waals surface area contributed by atoms with Crippen LogP contribution in [0.15, 0.2) is 24.3 Å². The zero-order chi connectivity index (χ0) is 65.6. The molecule has 0 saturated carbocycles. The fourth-order valence-electron chi connectivity index (χ4n) is 13.6. The van der Waals surface area contributed by atoms with Crippen LogP contribution in [0.3, 0.4) is 0 Å². The number of hydrogen-bond acceptors (Lipinski definition) is 5. The maximum absolute atomic E-state index is 12.5. The van der Waals surface area contributed by atoms with Gasteiger partial charge in [0.05, 0.1) is 25.4 Å². The Morgan fingerprint density at radius 2 is 0.516 bits per heavy atom. The Morgan fingerprint density at radius 1 is 0.297 bits per heavy atom. The van der Waals surface area contributed by atoms with Crippen molar-refractivity contribution < 1.29 is 24.5 Å². The minimum absolute atomic E-state index is 0.0256. The van der Waals surface area contributed by atoms with Crippen LogP contribution < -0.4 is 5.32 Å². The maximum atomic E-state index is 12.5. The van der Waals surface area contributed by atoms with E-state index in [-0.39, 0.29) is 18.5 Å². The van der Waals surface area contributed by atoms with Gasteiger partial charge in [0.2, 0.25) is 5.91 Å². The van der Waals surface area contributed by atoms with Gasteiger partial charge in [-0.15, -0.1) is 0 Å². The van der Waals surface area contributed by atoms with E-state index in [1.54, 1.807) is 6.08 Å². The Morgan fingerprint density at radius 3 is 0.780 bits per heavy atom. The van der Waals surface area contributed by atoms with Crippen molar-refractivity contribution in [2.24, 2.45) is 0 Å². The monoisotopic (exact) mass is 1280 g/mol. The van der Waals surface area contributed by atoms with Crippen molar-refractivity contribution in [1.29, 1.82) is 0 Å². The summed E-state index contributed by atoms with van der Waals surface area (Å²) in [5, 5.41) is 23.3. The lowest BCUT2D eigenvalue weighted by molar-refractivity contribution is -0.143. The Labute approximate surface area is 571 Å². The number of unbranched alkanes of at least 4 members (excludes halogenated alkanes) is 67. The third-order valence-electron chi connectivity index (χ3n) is 20.0. The summed E-state index contributed by atoms with van der Waals surface area (Å²) < 4.78 is 5.50. The number of nitrogens with one attached hydrogen (secondary N) is 1. The molecule has 0 aromatic carbocycles. The minimum atomic E-state index is -0.842. The van der Waals surface area contributed by atoms with Crippen molar-refractivity contribution in [2.45, 2.75) is 495 Å². The number of aliphatic hydroxyl groups is 2. The Bertz CT molecular complexity index is 1430. The molecule has 0 rings (SSSR count). The normalized spacial score (nSPS) is 12.5. The lowest BCUT2D eigenvalue weighted by Gasteiger charge is -2.20. The van der Waals surface area contributed by atoms with E-state index < -0.39 is 12.1 Å². The van der Waals surface area contributed by atoms with Gasteiger partial charge in [-0.3, -0.25) is 9.59 Å². The predicted octanol–water partition coefficient (Wildman–Crippen LogP) is 28.0. The fourth-order valence-corrected chi connectivity index (χ4v) is 13.6. The first kappa shape index (κ1) is 89.3. The van der Waals surface area contributed by atoms with Crippen molar-refractivity contribution in [2.75, 3.05) is 13.2 Å². The Balaban J connectivity index is 3.34. The molecule has 0 aliphatic heterocycles. The third kappa shape index (κ3) is 77.2. The topological polar surface area (TPSA) is 95.9 Å². The van der Waals surface area contributed by atoms with E-state index in [0.29, 0.717) is 19.4 Å². The van der Waals surface area contributed by atoms with Gasteiger partial charge < -0.3 is 20.3 Å². The second kappa shape index (κ2) is 80.8.